The molecule has 0 aromatic heterocycles. The zero-order valence-electron chi connectivity index (χ0n) is 6.65. The maximum absolute atomic E-state index is 13.2. The molecule has 0 spiro atoms. The molecule has 1 unspecified atom stereocenters. The van der Waals surface area contributed by atoms with Crippen molar-refractivity contribution in [3.05, 3.63) is 33.3 Å². The molecule has 13 heavy (non-hydrogen) atoms. The Kier molecular flexibility index (Phi) is 2.12. The molecule has 1 aromatic carbocycles. The van der Waals surface area contributed by atoms with Gasteiger partial charge in [-0.05, 0) is 24.5 Å². The van der Waals surface area contributed by atoms with Gasteiger partial charge in [0.2, 0.25) is 0 Å². The quantitative estimate of drug-likeness (QED) is 0.701. The summed E-state index contributed by atoms with van der Waals surface area (Å²) in [4.78, 5) is 0. The van der Waals surface area contributed by atoms with E-state index in [1.54, 1.807) is 0 Å². The topological polar surface area (TPSA) is 20.2 Å². The maximum atomic E-state index is 13.2. The minimum Gasteiger partial charge on any atom is -0.388 e. The largest absolute Gasteiger partial charge is 0.388 e. The first-order chi connectivity index (χ1) is 6.11. The van der Waals surface area contributed by atoms with Crippen LogP contribution in [0.2, 0.25) is 0 Å². The van der Waals surface area contributed by atoms with Crippen LogP contribution in [0.3, 0.4) is 0 Å². The third-order valence-corrected chi connectivity index (χ3v) is 3.02. The lowest BCUT2D eigenvalue weighted by Gasteiger charge is -2.07. The van der Waals surface area contributed by atoms with Gasteiger partial charge in [-0.1, -0.05) is 15.9 Å². The van der Waals surface area contributed by atoms with Crippen molar-refractivity contribution < 1.29 is 13.9 Å². The third-order valence-electron chi connectivity index (χ3n) is 2.31. The standard InChI is InChI=1S/C9H7BrF2O/c10-5-3-6(11)9(12)8-4(5)1-2-7(8)13/h3,7,13H,1-2H2. The molecule has 1 atom stereocenters. The Morgan fingerprint density at radius 1 is 1.46 bits per heavy atom. The van der Waals surface area contributed by atoms with Crippen LogP contribution in [0.5, 0.6) is 0 Å². The normalized spacial score (nSPS) is 20.5. The zero-order valence-corrected chi connectivity index (χ0v) is 8.24. The average Bonchev–Trinajstić information content (AvgIpc) is 2.44. The molecule has 70 valence electrons. The van der Waals surface area contributed by atoms with Gasteiger partial charge in [-0.15, -0.1) is 0 Å². The summed E-state index contributed by atoms with van der Waals surface area (Å²) >= 11 is 3.14. The fourth-order valence-electron chi connectivity index (χ4n) is 1.68. The summed E-state index contributed by atoms with van der Waals surface area (Å²) < 4.78 is 26.6. The molecule has 1 aliphatic rings. The van der Waals surface area contributed by atoms with E-state index in [4.69, 9.17) is 0 Å². The number of benzene rings is 1. The van der Waals surface area contributed by atoms with Crippen LogP contribution in [0.25, 0.3) is 0 Å². The summed E-state index contributed by atoms with van der Waals surface area (Å²) in [6.45, 7) is 0. The average molecular weight is 249 g/mol. The van der Waals surface area contributed by atoms with Gasteiger partial charge in [0.1, 0.15) is 0 Å². The van der Waals surface area contributed by atoms with Gasteiger partial charge in [0, 0.05) is 10.0 Å². The van der Waals surface area contributed by atoms with Gasteiger partial charge in [-0.2, -0.15) is 0 Å². The third kappa shape index (κ3) is 1.28. The second kappa shape index (κ2) is 3.03. The minimum atomic E-state index is -0.914. The van der Waals surface area contributed by atoms with Gasteiger partial charge < -0.3 is 5.11 Å². The van der Waals surface area contributed by atoms with Crippen molar-refractivity contribution in [1.29, 1.82) is 0 Å². The van der Waals surface area contributed by atoms with E-state index in [0.717, 1.165) is 6.07 Å². The van der Waals surface area contributed by atoms with Crippen molar-refractivity contribution >= 4 is 15.9 Å². The predicted octanol–water partition coefficient (Wildman–Crippen LogP) is 2.71. The molecule has 0 radical (unpaired) electrons. The molecular formula is C9H7BrF2O. The van der Waals surface area contributed by atoms with Crippen LogP contribution < -0.4 is 0 Å². The van der Waals surface area contributed by atoms with Crippen LogP contribution in [-0.4, -0.2) is 5.11 Å². The fraction of sp³-hybridized carbons (Fsp3) is 0.333. The van der Waals surface area contributed by atoms with Crippen LogP contribution in [0.4, 0.5) is 8.78 Å². The summed E-state index contributed by atoms with van der Waals surface area (Å²) in [5, 5.41) is 9.38. The predicted molar refractivity (Wildman–Crippen MR) is 47.3 cm³/mol. The molecule has 4 heteroatoms. The first-order valence-corrected chi connectivity index (χ1v) is 4.75. The van der Waals surface area contributed by atoms with E-state index >= 15 is 0 Å². The Morgan fingerprint density at radius 2 is 2.15 bits per heavy atom. The van der Waals surface area contributed by atoms with Crippen molar-refractivity contribution in [1.82, 2.24) is 0 Å². The molecular weight excluding hydrogens is 242 g/mol. The van der Waals surface area contributed by atoms with Crippen molar-refractivity contribution in [2.45, 2.75) is 18.9 Å². The van der Waals surface area contributed by atoms with Gasteiger partial charge in [0.05, 0.1) is 6.10 Å². The second-order valence-corrected chi connectivity index (χ2v) is 3.96. The summed E-state index contributed by atoms with van der Waals surface area (Å²) in [5.41, 5.74) is 0.804. The van der Waals surface area contributed by atoms with Gasteiger partial charge in [-0.3, -0.25) is 0 Å². The van der Waals surface area contributed by atoms with Crippen LogP contribution in [0.1, 0.15) is 23.7 Å². The molecule has 0 saturated carbocycles. The van der Waals surface area contributed by atoms with E-state index in [2.05, 4.69) is 15.9 Å². The zero-order chi connectivity index (χ0) is 9.59. The molecule has 0 bridgehead atoms. The molecule has 2 rings (SSSR count). The number of rotatable bonds is 0. The second-order valence-electron chi connectivity index (χ2n) is 3.10. The summed E-state index contributed by atoms with van der Waals surface area (Å²) in [5.74, 6) is -1.82. The van der Waals surface area contributed by atoms with E-state index in [-0.39, 0.29) is 5.56 Å². The first kappa shape index (κ1) is 9.09. The Bertz CT molecular complexity index is 365. The highest BCUT2D eigenvalue weighted by molar-refractivity contribution is 9.10. The van der Waals surface area contributed by atoms with Crippen LogP contribution in [0, 0.1) is 11.6 Å². The molecule has 1 nitrogen and oxygen atoms in total. The monoisotopic (exact) mass is 248 g/mol. The minimum absolute atomic E-state index is 0.117. The van der Waals surface area contributed by atoms with Crippen LogP contribution in [0.15, 0.2) is 10.5 Å². The van der Waals surface area contributed by atoms with Crippen molar-refractivity contribution in [2.75, 3.05) is 0 Å². The lowest BCUT2D eigenvalue weighted by Crippen LogP contribution is -1.99. The van der Waals surface area contributed by atoms with E-state index in [9.17, 15) is 13.9 Å². The fourth-order valence-corrected chi connectivity index (χ4v) is 2.29. The van der Waals surface area contributed by atoms with E-state index in [1.807, 2.05) is 0 Å². The van der Waals surface area contributed by atoms with Crippen molar-refractivity contribution in [3.63, 3.8) is 0 Å². The lowest BCUT2D eigenvalue weighted by molar-refractivity contribution is 0.174. The number of hydrogen-bond acceptors (Lipinski definition) is 1. The summed E-state index contributed by atoms with van der Waals surface area (Å²) in [6, 6.07) is 1.10. The van der Waals surface area contributed by atoms with E-state index in [0.29, 0.717) is 22.9 Å². The Balaban J connectivity index is 2.70. The highest BCUT2D eigenvalue weighted by Crippen LogP contribution is 2.38. The first-order valence-electron chi connectivity index (χ1n) is 3.95. The maximum Gasteiger partial charge on any atom is 0.164 e. The van der Waals surface area contributed by atoms with Crippen molar-refractivity contribution in [3.8, 4) is 0 Å². The molecule has 0 heterocycles. The van der Waals surface area contributed by atoms with Crippen LogP contribution >= 0.6 is 15.9 Å². The lowest BCUT2D eigenvalue weighted by atomic mass is 10.1. The smallest absolute Gasteiger partial charge is 0.164 e. The summed E-state index contributed by atoms with van der Waals surface area (Å²) in [7, 11) is 0. The van der Waals surface area contributed by atoms with E-state index in [1.165, 1.54) is 0 Å². The Hall–Kier alpha value is -0.480. The number of halogens is 3. The molecule has 0 fully saturated rings. The molecule has 1 N–H and O–H groups in total. The van der Waals surface area contributed by atoms with Gasteiger partial charge in [0.25, 0.3) is 0 Å². The number of fused-ring (bicyclic) bond motifs is 1. The number of hydrogen-bond donors (Lipinski definition) is 1. The highest BCUT2D eigenvalue weighted by Gasteiger charge is 2.28. The molecule has 0 saturated heterocycles. The number of aliphatic hydroxyl groups is 1. The SMILES string of the molecule is OC1CCc2c(Br)cc(F)c(F)c21. The van der Waals surface area contributed by atoms with Gasteiger partial charge >= 0.3 is 0 Å². The van der Waals surface area contributed by atoms with E-state index < -0.39 is 17.7 Å². The molecule has 0 amide bonds. The van der Waals surface area contributed by atoms with Crippen molar-refractivity contribution in [2.24, 2.45) is 0 Å². The van der Waals surface area contributed by atoms with Gasteiger partial charge in [0.15, 0.2) is 11.6 Å². The van der Waals surface area contributed by atoms with Gasteiger partial charge in [-0.25, -0.2) is 8.78 Å². The Morgan fingerprint density at radius 3 is 2.85 bits per heavy atom. The summed E-state index contributed by atoms with van der Waals surface area (Å²) in [6.07, 6.45) is 0.199. The van der Waals surface area contributed by atoms with Crippen LogP contribution in [-0.2, 0) is 6.42 Å². The molecule has 1 aromatic rings. The highest BCUT2D eigenvalue weighted by atomic mass is 79.9. The number of aliphatic hydroxyl groups excluding tert-OH is 1. The molecule has 1 aliphatic carbocycles. The molecule has 0 aliphatic heterocycles. The Labute approximate surface area is 82.5 Å².